The molecule has 3 N–H and O–H groups in total. The van der Waals surface area contributed by atoms with Gasteiger partial charge < -0.3 is 5.73 Å². The molecule has 0 aliphatic heterocycles. The molecule has 0 amide bonds. The average Bonchev–Trinajstić information content (AvgIpc) is 2.34. The summed E-state index contributed by atoms with van der Waals surface area (Å²) in [5, 5.41) is 10.8. The quantitative estimate of drug-likeness (QED) is 0.446. The third-order valence-corrected chi connectivity index (χ3v) is 4.27. The van der Waals surface area contributed by atoms with Crippen molar-refractivity contribution >= 4 is 28.1 Å². The molecule has 7 nitrogen and oxygen atoms in total. The van der Waals surface area contributed by atoms with Crippen LogP contribution in [-0.4, -0.2) is 26.4 Å². The lowest BCUT2D eigenvalue weighted by atomic mass is 10.2. The van der Waals surface area contributed by atoms with E-state index in [1.807, 2.05) is 0 Å². The molecule has 0 aliphatic rings. The van der Waals surface area contributed by atoms with Crippen molar-refractivity contribution in [3.8, 4) is 0 Å². The Morgan fingerprint density at radius 2 is 2.00 bits per heavy atom. The summed E-state index contributed by atoms with van der Waals surface area (Å²) in [5.41, 5.74) is 5.25. The van der Waals surface area contributed by atoms with Crippen LogP contribution in [-0.2, 0) is 10.0 Å². The van der Waals surface area contributed by atoms with Crippen LogP contribution in [0.1, 0.15) is 18.4 Å². The maximum Gasteiger partial charge on any atom is 0.273 e. The summed E-state index contributed by atoms with van der Waals surface area (Å²) in [6.45, 7) is 2.19. The Kier molecular flexibility index (Phi) is 7.66. The molecule has 1 aromatic carbocycles. The largest absolute Gasteiger partial charge is 0.330 e. The van der Waals surface area contributed by atoms with Crippen LogP contribution in [0.5, 0.6) is 0 Å². The standard InChI is InChI=1S/C11H17N3O4S.ClH/c1-9-10(14(15)16)5-4-6-11(9)19(17,18)13-8-3-2-7-12;/h4-6,13H,2-3,7-8,12H2,1H3;1H. The molecule has 114 valence electrons. The van der Waals surface area contributed by atoms with Crippen molar-refractivity contribution in [3.05, 3.63) is 33.9 Å². The first-order chi connectivity index (χ1) is 8.90. The Bertz CT molecular complexity index is 563. The summed E-state index contributed by atoms with van der Waals surface area (Å²) >= 11 is 0. The smallest absolute Gasteiger partial charge is 0.273 e. The highest BCUT2D eigenvalue weighted by Crippen LogP contribution is 2.24. The van der Waals surface area contributed by atoms with Gasteiger partial charge in [-0.1, -0.05) is 6.07 Å². The minimum atomic E-state index is -3.72. The molecule has 0 heterocycles. The molecule has 0 saturated carbocycles. The maximum absolute atomic E-state index is 12.0. The Morgan fingerprint density at radius 1 is 1.35 bits per heavy atom. The maximum atomic E-state index is 12.0. The molecule has 0 unspecified atom stereocenters. The van der Waals surface area contributed by atoms with Gasteiger partial charge in [0.1, 0.15) is 0 Å². The zero-order chi connectivity index (χ0) is 14.5. The van der Waals surface area contributed by atoms with Gasteiger partial charge in [0.05, 0.1) is 9.82 Å². The Morgan fingerprint density at radius 3 is 2.55 bits per heavy atom. The second-order valence-electron chi connectivity index (χ2n) is 4.05. The fourth-order valence-electron chi connectivity index (χ4n) is 1.65. The first-order valence-corrected chi connectivity index (χ1v) is 7.32. The highest BCUT2D eigenvalue weighted by atomic mass is 35.5. The second kappa shape index (κ2) is 8.15. The highest BCUT2D eigenvalue weighted by Gasteiger charge is 2.22. The molecule has 0 spiro atoms. The molecule has 0 fully saturated rings. The molecular formula is C11H18ClN3O4S. The molecule has 0 aliphatic carbocycles. The molecule has 1 aromatic rings. The number of nitrogens with one attached hydrogen (secondary N) is 1. The number of hydrogen-bond donors (Lipinski definition) is 2. The number of hydrogen-bond acceptors (Lipinski definition) is 5. The van der Waals surface area contributed by atoms with Crippen LogP contribution in [0.3, 0.4) is 0 Å². The Balaban J connectivity index is 0.00000361. The van der Waals surface area contributed by atoms with Gasteiger partial charge in [-0.05, 0) is 32.4 Å². The second-order valence-corrected chi connectivity index (χ2v) is 5.79. The Hall–Kier alpha value is -1.22. The molecule has 1 rings (SSSR count). The zero-order valence-electron chi connectivity index (χ0n) is 11.0. The van der Waals surface area contributed by atoms with Gasteiger partial charge in [0.2, 0.25) is 10.0 Å². The van der Waals surface area contributed by atoms with E-state index in [9.17, 15) is 18.5 Å². The van der Waals surface area contributed by atoms with Crippen LogP contribution in [0, 0.1) is 17.0 Å². The number of rotatable bonds is 7. The summed E-state index contributed by atoms with van der Waals surface area (Å²) in [7, 11) is -3.72. The van der Waals surface area contributed by atoms with Crippen molar-refractivity contribution in [3.63, 3.8) is 0 Å². The first kappa shape index (κ1) is 18.8. The lowest BCUT2D eigenvalue weighted by Crippen LogP contribution is -2.26. The van der Waals surface area contributed by atoms with Crippen LogP contribution in [0.15, 0.2) is 23.1 Å². The third-order valence-electron chi connectivity index (χ3n) is 2.66. The number of sulfonamides is 1. The number of nitrogens with zero attached hydrogens (tertiary/aromatic N) is 1. The van der Waals surface area contributed by atoms with Gasteiger partial charge in [-0.15, -0.1) is 12.4 Å². The summed E-state index contributed by atoms with van der Waals surface area (Å²) in [4.78, 5) is 10.1. The fourth-order valence-corrected chi connectivity index (χ4v) is 2.98. The molecule has 0 atom stereocenters. The van der Waals surface area contributed by atoms with Gasteiger partial charge in [-0.3, -0.25) is 10.1 Å². The predicted molar refractivity (Wildman–Crippen MR) is 78.6 cm³/mol. The van der Waals surface area contributed by atoms with Crippen molar-refractivity contribution in [2.24, 2.45) is 5.73 Å². The summed E-state index contributed by atoms with van der Waals surface area (Å²) < 4.78 is 26.5. The van der Waals surface area contributed by atoms with Crippen LogP contribution in [0.4, 0.5) is 5.69 Å². The topological polar surface area (TPSA) is 115 Å². The Labute approximate surface area is 124 Å². The van der Waals surface area contributed by atoms with Crippen LogP contribution in [0.2, 0.25) is 0 Å². The van der Waals surface area contributed by atoms with Crippen molar-refractivity contribution < 1.29 is 13.3 Å². The van der Waals surface area contributed by atoms with Crippen LogP contribution in [0.25, 0.3) is 0 Å². The van der Waals surface area contributed by atoms with E-state index in [-0.39, 0.29) is 35.1 Å². The van der Waals surface area contributed by atoms with E-state index >= 15 is 0 Å². The molecular weight excluding hydrogens is 306 g/mol. The fraction of sp³-hybridized carbons (Fsp3) is 0.455. The van der Waals surface area contributed by atoms with Crippen molar-refractivity contribution in [2.45, 2.75) is 24.7 Å². The van der Waals surface area contributed by atoms with Gasteiger partial charge >= 0.3 is 0 Å². The molecule has 0 bridgehead atoms. The van der Waals surface area contributed by atoms with Gasteiger partial charge in [-0.2, -0.15) is 0 Å². The summed E-state index contributed by atoms with van der Waals surface area (Å²) in [5.74, 6) is 0. The van der Waals surface area contributed by atoms with E-state index in [2.05, 4.69) is 4.72 Å². The van der Waals surface area contributed by atoms with E-state index in [4.69, 9.17) is 5.73 Å². The molecule has 9 heteroatoms. The first-order valence-electron chi connectivity index (χ1n) is 5.84. The van der Waals surface area contributed by atoms with E-state index in [0.29, 0.717) is 13.0 Å². The predicted octanol–water partition coefficient (Wildman–Crippen LogP) is 1.34. The number of nitro groups is 1. The van der Waals surface area contributed by atoms with E-state index < -0.39 is 14.9 Å². The molecule has 0 radical (unpaired) electrons. The van der Waals surface area contributed by atoms with E-state index in [0.717, 1.165) is 6.42 Å². The zero-order valence-corrected chi connectivity index (χ0v) is 12.7. The third kappa shape index (κ3) is 4.71. The number of halogens is 1. The number of unbranched alkanes of at least 4 members (excludes halogenated alkanes) is 1. The monoisotopic (exact) mass is 323 g/mol. The average molecular weight is 324 g/mol. The van der Waals surface area contributed by atoms with Crippen LogP contribution < -0.4 is 10.5 Å². The lowest BCUT2D eigenvalue weighted by Gasteiger charge is -2.09. The van der Waals surface area contributed by atoms with Crippen molar-refractivity contribution in [1.82, 2.24) is 4.72 Å². The number of benzene rings is 1. The van der Waals surface area contributed by atoms with Crippen LogP contribution >= 0.6 is 12.4 Å². The van der Waals surface area contributed by atoms with Crippen molar-refractivity contribution in [1.29, 1.82) is 0 Å². The molecule has 0 aromatic heterocycles. The van der Waals surface area contributed by atoms with Crippen molar-refractivity contribution in [2.75, 3.05) is 13.1 Å². The highest BCUT2D eigenvalue weighted by molar-refractivity contribution is 7.89. The molecule has 20 heavy (non-hydrogen) atoms. The normalized spacial score (nSPS) is 10.9. The van der Waals surface area contributed by atoms with Gasteiger partial charge in [0.15, 0.2) is 0 Å². The van der Waals surface area contributed by atoms with E-state index in [1.165, 1.54) is 25.1 Å². The number of nitrogens with two attached hydrogens (primary N) is 1. The van der Waals surface area contributed by atoms with Gasteiger partial charge in [0.25, 0.3) is 5.69 Å². The minimum absolute atomic E-state index is 0. The SMILES string of the molecule is Cc1c([N+](=O)[O-])cccc1S(=O)(=O)NCCCCN.Cl. The van der Waals surface area contributed by atoms with Gasteiger partial charge in [0, 0.05) is 18.2 Å². The lowest BCUT2D eigenvalue weighted by molar-refractivity contribution is -0.385. The van der Waals surface area contributed by atoms with E-state index in [1.54, 1.807) is 0 Å². The summed E-state index contributed by atoms with van der Waals surface area (Å²) in [6.07, 6.45) is 1.35. The molecule has 0 saturated heterocycles. The number of nitro benzene ring substituents is 1. The summed E-state index contributed by atoms with van der Waals surface area (Å²) in [6, 6.07) is 4.00. The minimum Gasteiger partial charge on any atom is -0.330 e. The van der Waals surface area contributed by atoms with Gasteiger partial charge in [-0.25, -0.2) is 13.1 Å².